The Hall–Kier alpha value is -2.77. The van der Waals surface area contributed by atoms with Crippen LogP contribution in [0.4, 0.5) is 0 Å². The van der Waals surface area contributed by atoms with Crippen molar-refractivity contribution in [3.8, 4) is 0 Å². The average Bonchev–Trinajstić information content (AvgIpc) is 3.06. The minimum absolute atomic E-state index is 0.00567. The third-order valence-electron chi connectivity index (χ3n) is 3.20. The van der Waals surface area contributed by atoms with Crippen molar-refractivity contribution in [2.75, 3.05) is 26.7 Å². The number of likely N-dealkylation sites (N-methyl/N-ethyl adjacent to an activating group) is 1. The molecule has 1 rings (SSSR count). The van der Waals surface area contributed by atoms with Crippen molar-refractivity contribution in [3.63, 3.8) is 0 Å². The fraction of sp³-hybridized carbons (Fsp3) is 0.400. The summed E-state index contributed by atoms with van der Waals surface area (Å²) in [4.78, 5) is 37.5. The number of nitrogens with zero attached hydrogens (tertiary/aromatic N) is 2. The standard InChI is InChI=1S/C15H20N2O6/c1-11(10-18)14(21)16(2)7-8-17(6-5-13(19)20)15(22)12-4-3-9-23-12/h3-4,9-10,18H,5-8H2,1-2H3,(H,19,20)/b11-10-. The maximum atomic E-state index is 12.3. The lowest BCUT2D eigenvalue weighted by atomic mass is 10.3. The predicted octanol–water partition coefficient (Wildman–Crippen LogP) is 1.12. The van der Waals surface area contributed by atoms with Crippen LogP contribution in [0.5, 0.6) is 0 Å². The van der Waals surface area contributed by atoms with Crippen LogP contribution in [0, 0.1) is 0 Å². The third kappa shape index (κ3) is 5.50. The smallest absolute Gasteiger partial charge is 0.305 e. The van der Waals surface area contributed by atoms with E-state index in [4.69, 9.17) is 14.6 Å². The summed E-state index contributed by atoms with van der Waals surface area (Å²) in [6.07, 6.45) is 1.86. The number of rotatable bonds is 8. The maximum Gasteiger partial charge on any atom is 0.305 e. The normalized spacial score (nSPS) is 11.1. The molecule has 23 heavy (non-hydrogen) atoms. The molecule has 8 heteroatoms. The highest BCUT2D eigenvalue weighted by Gasteiger charge is 2.20. The predicted molar refractivity (Wildman–Crippen MR) is 80.9 cm³/mol. The van der Waals surface area contributed by atoms with E-state index in [9.17, 15) is 14.4 Å². The van der Waals surface area contributed by atoms with Crippen molar-refractivity contribution >= 4 is 17.8 Å². The molecule has 8 nitrogen and oxygen atoms in total. The molecule has 2 amide bonds. The monoisotopic (exact) mass is 324 g/mol. The van der Waals surface area contributed by atoms with E-state index in [1.807, 2.05) is 0 Å². The molecule has 1 aromatic rings. The molecule has 0 bridgehead atoms. The SMILES string of the molecule is C/C(=C/O)C(=O)N(C)CCN(CCC(=O)O)C(=O)c1ccco1. The molecule has 0 spiro atoms. The van der Waals surface area contributed by atoms with Gasteiger partial charge in [-0.15, -0.1) is 0 Å². The van der Waals surface area contributed by atoms with Gasteiger partial charge >= 0.3 is 5.97 Å². The van der Waals surface area contributed by atoms with E-state index in [2.05, 4.69) is 0 Å². The van der Waals surface area contributed by atoms with Gasteiger partial charge in [0.05, 0.1) is 18.9 Å². The van der Waals surface area contributed by atoms with Crippen molar-refractivity contribution in [2.24, 2.45) is 0 Å². The molecule has 1 heterocycles. The zero-order chi connectivity index (χ0) is 17.4. The van der Waals surface area contributed by atoms with Crippen molar-refractivity contribution in [3.05, 3.63) is 36.0 Å². The molecule has 0 aliphatic heterocycles. The quantitative estimate of drug-likeness (QED) is 0.547. The van der Waals surface area contributed by atoms with E-state index in [-0.39, 0.29) is 43.3 Å². The third-order valence-corrected chi connectivity index (χ3v) is 3.20. The lowest BCUT2D eigenvalue weighted by Crippen LogP contribution is -2.40. The molecule has 126 valence electrons. The number of amides is 2. The number of carboxylic acids is 1. The van der Waals surface area contributed by atoms with Crippen LogP contribution in [0.2, 0.25) is 0 Å². The molecule has 1 aromatic heterocycles. The van der Waals surface area contributed by atoms with E-state index in [1.54, 1.807) is 6.07 Å². The fourth-order valence-electron chi connectivity index (χ4n) is 1.83. The Morgan fingerprint density at radius 3 is 2.48 bits per heavy atom. The molecule has 0 saturated heterocycles. The summed E-state index contributed by atoms with van der Waals surface area (Å²) in [5, 5.41) is 17.6. The van der Waals surface area contributed by atoms with E-state index < -0.39 is 11.9 Å². The van der Waals surface area contributed by atoms with Crippen LogP contribution in [0.15, 0.2) is 34.6 Å². The molecular formula is C15H20N2O6. The van der Waals surface area contributed by atoms with Gasteiger partial charge in [0.25, 0.3) is 11.8 Å². The minimum atomic E-state index is -1.02. The summed E-state index contributed by atoms with van der Waals surface area (Å²) in [5.74, 6) is -1.73. The highest BCUT2D eigenvalue weighted by molar-refractivity contribution is 5.93. The first-order valence-electron chi connectivity index (χ1n) is 6.97. The topological polar surface area (TPSA) is 111 Å². The summed E-state index contributed by atoms with van der Waals surface area (Å²) >= 11 is 0. The van der Waals surface area contributed by atoms with Gasteiger partial charge in [0, 0.05) is 32.3 Å². The number of furan rings is 1. The second-order valence-corrected chi connectivity index (χ2v) is 4.95. The lowest BCUT2D eigenvalue weighted by molar-refractivity contribution is -0.137. The number of carboxylic acid groups (broad SMARTS) is 1. The summed E-state index contributed by atoms with van der Waals surface area (Å²) in [6.45, 7) is 1.81. The number of aliphatic carboxylic acids is 1. The molecule has 0 atom stereocenters. The van der Waals surface area contributed by atoms with Crippen LogP contribution in [-0.2, 0) is 9.59 Å². The first-order chi connectivity index (χ1) is 10.9. The summed E-state index contributed by atoms with van der Waals surface area (Å²) in [7, 11) is 1.53. The van der Waals surface area contributed by atoms with Crippen molar-refractivity contribution in [1.82, 2.24) is 9.80 Å². The fourth-order valence-corrected chi connectivity index (χ4v) is 1.83. The van der Waals surface area contributed by atoms with Crippen LogP contribution < -0.4 is 0 Å². The molecule has 0 radical (unpaired) electrons. The van der Waals surface area contributed by atoms with Gasteiger partial charge in [0.15, 0.2) is 5.76 Å². The zero-order valence-corrected chi connectivity index (χ0v) is 13.1. The van der Waals surface area contributed by atoms with Gasteiger partial charge in [-0.2, -0.15) is 0 Å². The van der Waals surface area contributed by atoms with Gasteiger partial charge in [-0.25, -0.2) is 0 Å². The van der Waals surface area contributed by atoms with Gasteiger partial charge in [-0.3, -0.25) is 14.4 Å². The van der Waals surface area contributed by atoms with Crippen LogP contribution in [0.1, 0.15) is 23.9 Å². The van der Waals surface area contributed by atoms with E-state index in [1.165, 1.54) is 36.1 Å². The van der Waals surface area contributed by atoms with Crippen LogP contribution in [0.25, 0.3) is 0 Å². The van der Waals surface area contributed by atoms with Gasteiger partial charge in [0.1, 0.15) is 0 Å². The number of carbonyl (C=O) groups excluding carboxylic acids is 2. The lowest BCUT2D eigenvalue weighted by Gasteiger charge is -2.24. The molecule has 0 unspecified atom stereocenters. The highest BCUT2D eigenvalue weighted by Crippen LogP contribution is 2.07. The maximum absolute atomic E-state index is 12.3. The highest BCUT2D eigenvalue weighted by atomic mass is 16.4. The van der Waals surface area contributed by atoms with Crippen LogP contribution >= 0.6 is 0 Å². The largest absolute Gasteiger partial charge is 0.515 e. The first kappa shape index (κ1) is 18.3. The Balaban J connectivity index is 2.71. The second-order valence-electron chi connectivity index (χ2n) is 4.95. The second kappa shape index (κ2) is 8.62. The van der Waals surface area contributed by atoms with Crippen molar-refractivity contribution < 1.29 is 29.0 Å². The van der Waals surface area contributed by atoms with Crippen molar-refractivity contribution in [1.29, 1.82) is 0 Å². The average molecular weight is 324 g/mol. The van der Waals surface area contributed by atoms with Crippen molar-refractivity contribution in [2.45, 2.75) is 13.3 Å². The zero-order valence-electron chi connectivity index (χ0n) is 13.1. The molecule has 0 aliphatic rings. The number of carbonyl (C=O) groups is 3. The Morgan fingerprint density at radius 1 is 1.26 bits per heavy atom. The Bertz CT molecular complexity index is 579. The summed E-state index contributed by atoms with van der Waals surface area (Å²) in [5.41, 5.74) is 0.168. The summed E-state index contributed by atoms with van der Waals surface area (Å²) < 4.78 is 5.03. The molecule has 0 aliphatic carbocycles. The number of aliphatic hydroxyl groups is 1. The van der Waals surface area contributed by atoms with Gasteiger partial charge in [0.2, 0.25) is 0 Å². The Labute approximate surface area is 133 Å². The Morgan fingerprint density at radius 2 is 1.96 bits per heavy atom. The van der Waals surface area contributed by atoms with E-state index >= 15 is 0 Å². The van der Waals surface area contributed by atoms with Crippen LogP contribution in [-0.4, -0.2) is 64.5 Å². The van der Waals surface area contributed by atoms with Crippen LogP contribution in [0.3, 0.4) is 0 Å². The number of aliphatic hydroxyl groups excluding tert-OH is 1. The number of hydrogen-bond acceptors (Lipinski definition) is 5. The molecule has 0 saturated carbocycles. The first-order valence-corrected chi connectivity index (χ1v) is 6.97. The van der Waals surface area contributed by atoms with Gasteiger partial charge in [-0.1, -0.05) is 0 Å². The Kier molecular flexibility index (Phi) is 6.85. The summed E-state index contributed by atoms with van der Waals surface area (Å²) in [6, 6.07) is 3.05. The minimum Gasteiger partial charge on any atom is -0.515 e. The van der Waals surface area contributed by atoms with Gasteiger partial charge < -0.3 is 24.4 Å². The molecule has 2 N–H and O–H groups in total. The van der Waals surface area contributed by atoms with Gasteiger partial charge in [-0.05, 0) is 19.1 Å². The molecular weight excluding hydrogens is 304 g/mol. The molecule has 0 fully saturated rings. The van der Waals surface area contributed by atoms with E-state index in [0.717, 1.165) is 6.26 Å². The van der Waals surface area contributed by atoms with E-state index in [0.29, 0.717) is 0 Å². The number of hydrogen-bond donors (Lipinski definition) is 2. The molecule has 0 aromatic carbocycles.